The topological polar surface area (TPSA) is 95.2 Å². The lowest BCUT2D eigenvalue weighted by molar-refractivity contribution is 0.0736. The van der Waals surface area contributed by atoms with Gasteiger partial charge >= 0.3 is 5.97 Å². The van der Waals surface area contributed by atoms with Gasteiger partial charge in [-0.2, -0.15) is 0 Å². The third-order valence-corrected chi connectivity index (χ3v) is 5.01. The van der Waals surface area contributed by atoms with E-state index in [0.29, 0.717) is 39.2 Å². The number of hydrogen-bond donors (Lipinski definition) is 1. The zero-order valence-electron chi connectivity index (χ0n) is 17.7. The monoisotopic (exact) mass is 432 g/mol. The van der Waals surface area contributed by atoms with Crippen molar-refractivity contribution in [3.8, 4) is 34.1 Å². The average molecular weight is 432 g/mol. The summed E-state index contributed by atoms with van der Waals surface area (Å²) in [5.74, 6) is 0.503. The summed E-state index contributed by atoms with van der Waals surface area (Å²) in [4.78, 5) is 24.5. The summed E-state index contributed by atoms with van der Waals surface area (Å²) >= 11 is 0. The second-order valence-corrected chi connectivity index (χ2v) is 7.09. The van der Waals surface area contributed by atoms with Gasteiger partial charge in [0.05, 0.1) is 26.0 Å². The smallest absolute Gasteiger partial charge is 0.344 e. The molecule has 0 aliphatic carbocycles. The van der Waals surface area contributed by atoms with Crippen molar-refractivity contribution in [3.05, 3.63) is 72.0 Å². The fourth-order valence-corrected chi connectivity index (χ4v) is 3.41. The Morgan fingerprint density at radius 2 is 1.53 bits per heavy atom. The minimum absolute atomic E-state index is 0.0886. The molecule has 0 atom stereocenters. The van der Waals surface area contributed by atoms with E-state index in [9.17, 15) is 14.7 Å². The molecular formula is C25H20O7. The molecule has 3 aromatic carbocycles. The van der Waals surface area contributed by atoms with Gasteiger partial charge in [-0.25, -0.2) is 4.79 Å². The molecular weight excluding hydrogens is 412 g/mol. The van der Waals surface area contributed by atoms with E-state index in [0.717, 1.165) is 0 Å². The molecule has 7 heteroatoms. The lowest BCUT2D eigenvalue weighted by Crippen LogP contribution is -2.09. The molecule has 0 fully saturated rings. The number of ether oxygens (including phenoxy) is 3. The van der Waals surface area contributed by atoms with E-state index in [1.54, 1.807) is 44.6 Å². The van der Waals surface area contributed by atoms with Gasteiger partial charge < -0.3 is 23.7 Å². The summed E-state index contributed by atoms with van der Waals surface area (Å²) in [6.45, 7) is 1.46. The molecule has 0 radical (unpaired) electrons. The van der Waals surface area contributed by atoms with Crippen LogP contribution in [0.5, 0.6) is 23.0 Å². The summed E-state index contributed by atoms with van der Waals surface area (Å²) in [5, 5.41) is 10.6. The van der Waals surface area contributed by atoms with Crippen molar-refractivity contribution < 1.29 is 33.3 Å². The van der Waals surface area contributed by atoms with E-state index in [1.165, 1.54) is 37.5 Å². The Morgan fingerprint density at radius 1 is 0.875 bits per heavy atom. The maximum Gasteiger partial charge on any atom is 0.344 e. The minimum Gasteiger partial charge on any atom is -0.508 e. The number of ketones is 1. The van der Waals surface area contributed by atoms with Gasteiger partial charge in [0.1, 0.15) is 28.6 Å². The molecule has 0 bridgehead atoms. The first-order valence-corrected chi connectivity index (χ1v) is 9.70. The summed E-state index contributed by atoms with van der Waals surface area (Å²) in [6, 6.07) is 14.3. The fourth-order valence-electron chi connectivity index (χ4n) is 3.41. The number of rotatable bonds is 6. The van der Waals surface area contributed by atoms with Gasteiger partial charge in [0.15, 0.2) is 5.78 Å². The Hall–Kier alpha value is -4.26. The van der Waals surface area contributed by atoms with Crippen molar-refractivity contribution >= 4 is 22.7 Å². The van der Waals surface area contributed by atoms with Crippen LogP contribution in [0, 0.1) is 0 Å². The molecule has 0 saturated carbocycles. The molecule has 4 rings (SSSR count). The number of phenols is 1. The summed E-state index contributed by atoms with van der Waals surface area (Å²) in [6.07, 6.45) is 1.50. The molecule has 7 nitrogen and oxygen atoms in total. The second-order valence-electron chi connectivity index (χ2n) is 7.09. The highest BCUT2D eigenvalue weighted by Crippen LogP contribution is 2.38. The van der Waals surface area contributed by atoms with E-state index in [-0.39, 0.29) is 22.8 Å². The number of benzene rings is 3. The normalized spacial score (nSPS) is 10.7. The van der Waals surface area contributed by atoms with Crippen LogP contribution in [-0.2, 0) is 0 Å². The second kappa shape index (κ2) is 8.47. The predicted molar refractivity (Wildman–Crippen MR) is 118 cm³/mol. The van der Waals surface area contributed by atoms with E-state index in [4.69, 9.17) is 18.6 Å². The third-order valence-electron chi connectivity index (χ3n) is 5.01. The highest BCUT2D eigenvalue weighted by atomic mass is 16.5. The molecule has 1 heterocycles. The lowest BCUT2D eigenvalue weighted by atomic mass is 10.00. The van der Waals surface area contributed by atoms with Crippen LogP contribution in [0.15, 0.2) is 65.3 Å². The molecule has 0 aliphatic rings. The number of Topliss-reactive ketones (excluding diaryl/α,β-unsaturated/α-hetero) is 1. The fraction of sp³-hybridized carbons (Fsp3) is 0.120. The van der Waals surface area contributed by atoms with Crippen molar-refractivity contribution in [2.24, 2.45) is 0 Å². The van der Waals surface area contributed by atoms with Crippen molar-refractivity contribution in [3.63, 3.8) is 0 Å². The molecule has 32 heavy (non-hydrogen) atoms. The molecule has 0 unspecified atom stereocenters. The van der Waals surface area contributed by atoms with Gasteiger partial charge in [-0.05, 0) is 55.0 Å². The number of hydrogen-bond acceptors (Lipinski definition) is 7. The molecule has 4 aromatic rings. The van der Waals surface area contributed by atoms with Gasteiger partial charge in [-0.1, -0.05) is 0 Å². The molecule has 1 N–H and O–H groups in total. The highest BCUT2D eigenvalue weighted by Gasteiger charge is 2.21. The summed E-state index contributed by atoms with van der Waals surface area (Å²) < 4.78 is 21.8. The van der Waals surface area contributed by atoms with Crippen LogP contribution in [0.4, 0.5) is 0 Å². The summed E-state index contributed by atoms with van der Waals surface area (Å²) in [5.41, 5.74) is 2.26. The van der Waals surface area contributed by atoms with Crippen LogP contribution in [0.2, 0.25) is 0 Å². The van der Waals surface area contributed by atoms with Crippen molar-refractivity contribution in [2.45, 2.75) is 6.92 Å². The molecule has 1 aromatic heterocycles. The molecule has 0 saturated heterocycles. The van der Waals surface area contributed by atoms with Gasteiger partial charge in [-0.3, -0.25) is 4.79 Å². The Labute approximate surface area is 183 Å². The first kappa shape index (κ1) is 21.0. The van der Waals surface area contributed by atoms with Gasteiger partial charge in [0.2, 0.25) is 0 Å². The lowest BCUT2D eigenvalue weighted by Gasteiger charge is -2.10. The predicted octanol–water partition coefficient (Wildman–Crippen LogP) is 5.24. The molecule has 0 spiro atoms. The number of aromatic hydroxyl groups is 1. The van der Waals surface area contributed by atoms with Crippen LogP contribution in [-0.4, -0.2) is 31.1 Å². The Bertz CT molecular complexity index is 1290. The molecule has 0 amide bonds. The number of methoxy groups -OCH3 is 2. The van der Waals surface area contributed by atoms with Crippen LogP contribution in [0.25, 0.3) is 22.1 Å². The van der Waals surface area contributed by atoms with E-state index in [2.05, 4.69) is 0 Å². The zero-order valence-corrected chi connectivity index (χ0v) is 17.7. The van der Waals surface area contributed by atoms with Gasteiger partial charge in [0, 0.05) is 28.6 Å². The van der Waals surface area contributed by atoms with Crippen LogP contribution in [0.1, 0.15) is 27.6 Å². The Morgan fingerprint density at radius 3 is 2.12 bits per heavy atom. The maximum atomic E-state index is 13.0. The molecule has 162 valence electrons. The van der Waals surface area contributed by atoms with Crippen LogP contribution < -0.4 is 14.2 Å². The average Bonchev–Trinajstić information content (AvgIpc) is 3.22. The van der Waals surface area contributed by atoms with E-state index < -0.39 is 5.97 Å². The van der Waals surface area contributed by atoms with Crippen molar-refractivity contribution in [1.82, 2.24) is 0 Å². The SMILES string of the molecule is COc1cc(OC)cc(-c2coc3cc(O)cc(C(=O)Oc4ccc(C(C)=O)cc4)c23)c1. The van der Waals surface area contributed by atoms with Crippen LogP contribution >= 0.6 is 0 Å². The maximum absolute atomic E-state index is 13.0. The number of esters is 1. The number of phenolic OH excluding ortho intramolecular Hbond substituents is 1. The van der Waals surface area contributed by atoms with Crippen LogP contribution in [0.3, 0.4) is 0 Å². The minimum atomic E-state index is -0.681. The first-order valence-electron chi connectivity index (χ1n) is 9.70. The third kappa shape index (κ3) is 4.00. The number of fused-ring (bicyclic) bond motifs is 1. The number of carbonyl (C=O) groups is 2. The number of carbonyl (C=O) groups excluding carboxylic acids is 2. The summed E-state index contributed by atoms with van der Waals surface area (Å²) in [7, 11) is 3.09. The molecule has 0 aliphatic heterocycles. The quantitative estimate of drug-likeness (QED) is 0.253. The first-order chi connectivity index (χ1) is 15.4. The van der Waals surface area contributed by atoms with Gasteiger partial charge in [-0.15, -0.1) is 0 Å². The van der Waals surface area contributed by atoms with E-state index >= 15 is 0 Å². The van der Waals surface area contributed by atoms with Crippen molar-refractivity contribution in [1.29, 1.82) is 0 Å². The standard InChI is InChI=1S/C25H20O7/c1-14(26)15-4-6-18(7-5-15)32-25(28)21-10-17(27)11-23-24(21)22(13-31-23)16-8-19(29-2)12-20(9-16)30-3/h4-13,27H,1-3H3. The zero-order chi connectivity index (χ0) is 22.8. The Balaban J connectivity index is 1.79. The largest absolute Gasteiger partial charge is 0.508 e. The van der Waals surface area contributed by atoms with Gasteiger partial charge in [0.25, 0.3) is 0 Å². The number of furan rings is 1. The van der Waals surface area contributed by atoms with E-state index in [1.807, 2.05) is 0 Å². The Kier molecular flexibility index (Phi) is 5.55. The van der Waals surface area contributed by atoms with Crippen molar-refractivity contribution in [2.75, 3.05) is 14.2 Å². The highest BCUT2D eigenvalue weighted by molar-refractivity contribution is 6.10.